The van der Waals surface area contributed by atoms with Gasteiger partial charge in [-0.3, -0.25) is 4.90 Å². The molecule has 0 spiro atoms. The molecule has 2 aromatic carbocycles. The molecule has 0 unspecified atom stereocenters. The maximum atomic E-state index is 6.10. The molecular formula is C25H26ClN5. The number of rotatable bonds is 6. The molecule has 0 aliphatic carbocycles. The van der Waals surface area contributed by atoms with Gasteiger partial charge in [-0.25, -0.2) is 9.97 Å². The summed E-state index contributed by atoms with van der Waals surface area (Å²) in [4.78, 5) is 14.9. The first-order chi connectivity index (χ1) is 15.2. The van der Waals surface area contributed by atoms with Crippen LogP contribution in [0.3, 0.4) is 0 Å². The SMILES string of the molecule is Clc1cccc(CNc2ncnc3[nH]c(-c4ccc(CN5CCCCC5)cc4)cc23)c1. The van der Waals surface area contributed by atoms with Crippen LogP contribution in [-0.2, 0) is 13.1 Å². The second-order valence-electron chi connectivity index (χ2n) is 8.18. The van der Waals surface area contributed by atoms with Gasteiger partial charge in [-0.1, -0.05) is 54.4 Å². The molecule has 5 nitrogen and oxygen atoms in total. The molecule has 31 heavy (non-hydrogen) atoms. The Morgan fingerprint density at radius 2 is 1.77 bits per heavy atom. The molecule has 0 atom stereocenters. The molecular weight excluding hydrogens is 406 g/mol. The van der Waals surface area contributed by atoms with Crippen LogP contribution >= 0.6 is 11.6 Å². The Labute approximate surface area is 187 Å². The van der Waals surface area contributed by atoms with Gasteiger partial charge in [0.05, 0.1) is 5.39 Å². The van der Waals surface area contributed by atoms with Crippen molar-refractivity contribution in [2.24, 2.45) is 0 Å². The molecule has 1 fully saturated rings. The Morgan fingerprint density at radius 1 is 0.935 bits per heavy atom. The monoisotopic (exact) mass is 431 g/mol. The largest absolute Gasteiger partial charge is 0.365 e. The van der Waals surface area contributed by atoms with E-state index < -0.39 is 0 Å². The van der Waals surface area contributed by atoms with Gasteiger partial charge in [-0.15, -0.1) is 0 Å². The minimum Gasteiger partial charge on any atom is -0.365 e. The quantitative estimate of drug-likeness (QED) is 0.400. The van der Waals surface area contributed by atoms with Gasteiger partial charge < -0.3 is 10.3 Å². The van der Waals surface area contributed by atoms with E-state index in [2.05, 4.69) is 55.5 Å². The van der Waals surface area contributed by atoms with E-state index in [1.54, 1.807) is 6.33 Å². The number of anilines is 1. The van der Waals surface area contributed by atoms with E-state index in [1.807, 2.05) is 24.3 Å². The number of hydrogen-bond acceptors (Lipinski definition) is 4. The number of aromatic amines is 1. The van der Waals surface area contributed by atoms with Gasteiger partial charge in [-0.05, 0) is 60.8 Å². The van der Waals surface area contributed by atoms with Crippen LogP contribution in [0.5, 0.6) is 0 Å². The number of H-pyrrole nitrogens is 1. The summed E-state index contributed by atoms with van der Waals surface area (Å²) in [5.74, 6) is 0.814. The normalized spacial score (nSPS) is 14.7. The van der Waals surface area contributed by atoms with Gasteiger partial charge in [-0.2, -0.15) is 0 Å². The predicted molar refractivity (Wildman–Crippen MR) is 127 cm³/mol. The number of hydrogen-bond donors (Lipinski definition) is 2. The molecule has 2 N–H and O–H groups in total. The average Bonchev–Trinajstić information content (AvgIpc) is 3.24. The van der Waals surface area contributed by atoms with Crippen molar-refractivity contribution >= 4 is 28.5 Å². The summed E-state index contributed by atoms with van der Waals surface area (Å²) in [5.41, 5.74) is 5.51. The summed E-state index contributed by atoms with van der Waals surface area (Å²) in [5, 5.41) is 5.13. The maximum absolute atomic E-state index is 6.10. The number of halogens is 1. The number of nitrogens with one attached hydrogen (secondary N) is 2. The number of nitrogens with zero attached hydrogens (tertiary/aromatic N) is 3. The molecule has 158 valence electrons. The van der Waals surface area contributed by atoms with Crippen LogP contribution in [0, 0.1) is 0 Å². The molecule has 1 aliphatic rings. The standard InChI is InChI=1S/C25H26ClN5/c26-21-6-4-5-19(13-21)15-27-24-22-14-23(30-25(22)29-17-28-24)20-9-7-18(8-10-20)16-31-11-2-1-3-12-31/h4-10,13-14,17H,1-3,11-12,15-16H2,(H2,27,28,29,30). The fourth-order valence-corrected chi connectivity index (χ4v) is 4.45. The Kier molecular flexibility index (Phi) is 5.87. The van der Waals surface area contributed by atoms with Crippen LogP contribution in [0.1, 0.15) is 30.4 Å². The van der Waals surface area contributed by atoms with Crippen molar-refractivity contribution in [3.8, 4) is 11.3 Å². The van der Waals surface area contributed by atoms with Crippen molar-refractivity contribution in [1.29, 1.82) is 0 Å². The lowest BCUT2D eigenvalue weighted by molar-refractivity contribution is 0.221. The van der Waals surface area contributed by atoms with E-state index in [1.165, 1.54) is 37.9 Å². The molecule has 6 heteroatoms. The van der Waals surface area contributed by atoms with E-state index in [-0.39, 0.29) is 0 Å². The predicted octanol–water partition coefficient (Wildman–Crippen LogP) is 5.88. The molecule has 5 rings (SSSR count). The third-order valence-corrected chi connectivity index (χ3v) is 6.13. The van der Waals surface area contributed by atoms with Gasteiger partial charge in [0.15, 0.2) is 0 Å². The van der Waals surface area contributed by atoms with E-state index in [0.717, 1.165) is 45.2 Å². The Morgan fingerprint density at radius 3 is 2.58 bits per heavy atom. The lowest BCUT2D eigenvalue weighted by Crippen LogP contribution is -2.28. The summed E-state index contributed by atoms with van der Waals surface area (Å²) in [6.07, 6.45) is 5.60. The Bertz CT molecular complexity index is 1160. The van der Waals surface area contributed by atoms with Crippen LogP contribution in [0.15, 0.2) is 60.9 Å². The number of likely N-dealkylation sites (tertiary alicyclic amines) is 1. The highest BCUT2D eigenvalue weighted by atomic mass is 35.5. The fraction of sp³-hybridized carbons (Fsp3) is 0.280. The molecule has 3 heterocycles. The number of aromatic nitrogens is 3. The molecule has 0 saturated carbocycles. The minimum absolute atomic E-state index is 0.651. The number of fused-ring (bicyclic) bond motifs is 1. The first-order valence-corrected chi connectivity index (χ1v) is 11.3. The zero-order chi connectivity index (χ0) is 21.0. The first-order valence-electron chi connectivity index (χ1n) is 10.9. The smallest absolute Gasteiger partial charge is 0.143 e. The van der Waals surface area contributed by atoms with Crippen LogP contribution < -0.4 is 5.32 Å². The second kappa shape index (κ2) is 9.08. The summed E-state index contributed by atoms with van der Waals surface area (Å²) in [6.45, 7) is 4.12. The van der Waals surface area contributed by atoms with E-state index >= 15 is 0 Å². The third kappa shape index (κ3) is 4.73. The van der Waals surface area contributed by atoms with Gasteiger partial charge in [0.1, 0.15) is 17.8 Å². The van der Waals surface area contributed by atoms with Crippen molar-refractivity contribution in [2.75, 3.05) is 18.4 Å². The highest BCUT2D eigenvalue weighted by Crippen LogP contribution is 2.27. The summed E-state index contributed by atoms with van der Waals surface area (Å²) in [7, 11) is 0. The lowest BCUT2D eigenvalue weighted by Gasteiger charge is -2.26. The topological polar surface area (TPSA) is 56.8 Å². The molecule has 0 bridgehead atoms. The first kappa shape index (κ1) is 20.0. The maximum Gasteiger partial charge on any atom is 0.143 e. The fourth-order valence-electron chi connectivity index (χ4n) is 4.23. The van der Waals surface area contributed by atoms with Crippen molar-refractivity contribution < 1.29 is 0 Å². The second-order valence-corrected chi connectivity index (χ2v) is 8.62. The van der Waals surface area contributed by atoms with Crippen LogP contribution in [0.4, 0.5) is 5.82 Å². The summed E-state index contributed by atoms with van der Waals surface area (Å²) in [6, 6.07) is 18.8. The minimum atomic E-state index is 0.651. The zero-order valence-corrected chi connectivity index (χ0v) is 18.2. The molecule has 4 aromatic rings. The van der Waals surface area contributed by atoms with Gasteiger partial charge >= 0.3 is 0 Å². The number of benzene rings is 2. The van der Waals surface area contributed by atoms with Crippen LogP contribution in [0.25, 0.3) is 22.3 Å². The lowest BCUT2D eigenvalue weighted by atomic mass is 10.1. The van der Waals surface area contributed by atoms with E-state index in [4.69, 9.17) is 11.6 Å². The summed E-state index contributed by atoms with van der Waals surface area (Å²) >= 11 is 6.10. The van der Waals surface area contributed by atoms with Crippen LogP contribution in [-0.4, -0.2) is 32.9 Å². The number of piperidine rings is 1. The van der Waals surface area contributed by atoms with Gasteiger partial charge in [0.25, 0.3) is 0 Å². The van der Waals surface area contributed by atoms with E-state index in [9.17, 15) is 0 Å². The molecule has 0 amide bonds. The molecule has 2 aromatic heterocycles. The highest BCUT2D eigenvalue weighted by Gasteiger charge is 2.12. The van der Waals surface area contributed by atoms with Crippen molar-refractivity contribution in [3.05, 3.63) is 77.1 Å². The average molecular weight is 432 g/mol. The van der Waals surface area contributed by atoms with Crippen molar-refractivity contribution in [3.63, 3.8) is 0 Å². The van der Waals surface area contributed by atoms with Crippen molar-refractivity contribution in [2.45, 2.75) is 32.4 Å². The Balaban J connectivity index is 1.33. The Hall–Kier alpha value is -2.89. The molecule has 0 radical (unpaired) electrons. The van der Waals surface area contributed by atoms with Gasteiger partial charge in [0, 0.05) is 23.8 Å². The molecule has 1 aliphatic heterocycles. The third-order valence-electron chi connectivity index (χ3n) is 5.89. The summed E-state index contributed by atoms with van der Waals surface area (Å²) < 4.78 is 0. The van der Waals surface area contributed by atoms with Gasteiger partial charge in [0.2, 0.25) is 0 Å². The highest BCUT2D eigenvalue weighted by molar-refractivity contribution is 6.30. The zero-order valence-electron chi connectivity index (χ0n) is 17.4. The van der Waals surface area contributed by atoms with Crippen LogP contribution in [0.2, 0.25) is 5.02 Å². The van der Waals surface area contributed by atoms with Crippen molar-refractivity contribution in [1.82, 2.24) is 19.9 Å². The van der Waals surface area contributed by atoms with E-state index in [0.29, 0.717) is 6.54 Å². The molecule has 1 saturated heterocycles.